The fraction of sp³-hybridized carbons (Fsp3) is 0.0870. The number of aryl methyl sites for hydroxylation is 1. The number of hydrogen-bond donors (Lipinski definition) is 1. The second kappa shape index (κ2) is 7.74. The Morgan fingerprint density at radius 3 is 2.46 bits per heavy atom. The third-order valence-electron chi connectivity index (χ3n) is 4.49. The van der Waals surface area contributed by atoms with E-state index in [9.17, 15) is 4.79 Å². The Labute approximate surface area is 167 Å². The van der Waals surface area contributed by atoms with Gasteiger partial charge in [0.25, 0.3) is 0 Å². The lowest BCUT2D eigenvalue weighted by molar-refractivity contribution is 0.0697. The molecular formula is C23H18N2O2S. The minimum absolute atomic E-state index is 0.289. The van der Waals surface area contributed by atoms with Crippen molar-refractivity contribution in [3.63, 3.8) is 0 Å². The molecule has 0 aliphatic rings. The number of carboxylic acids is 1. The Kier molecular flexibility index (Phi) is 5.00. The van der Waals surface area contributed by atoms with E-state index in [2.05, 4.69) is 17.1 Å². The SMILES string of the molecule is Cc1nc(Cc2ccccn2)sc1-c1cccc(-c2ccc(C(=O)O)cc2)c1. The lowest BCUT2D eigenvalue weighted by Crippen LogP contribution is -1.94. The summed E-state index contributed by atoms with van der Waals surface area (Å²) in [5.41, 5.74) is 5.46. The van der Waals surface area contributed by atoms with Gasteiger partial charge in [0, 0.05) is 18.3 Å². The van der Waals surface area contributed by atoms with Gasteiger partial charge in [0.05, 0.1) is 21.1 Å². The van der Waals surface area contributed by atoms with Gasteiger partial charge in [-0.2, -0.15) is 0 Å². The molecule has 0 aliphatic carbocycles. The highest BCUT2D eigenvalue weighted by Gasteiger charge is 2.12. The first-order valence-electron chi connectivity index (χ1n) is 8.90. The van der Waals surface area contributed by atoms with Gasteiger partial charge in [-0.25, -0.2) is 9.78 Å². The van der Waals surface area contributed by atoms with E-state index in [4.69, 9.17) is 10.1 Å². The van der Waals surface area contributed by atoms with Crippen molar-refractivity contribution in [3.05, 3.63) is 94.9 Å². The molecule has 138 valence electrons. The number of carbonyl (C=O) groups is 1. The monoisotopic (exact) mass is 386 g/mol. The average Bonchev–Trinajstić information content (AvgIpc) is 3.09. The molecule has 4 nitrogen and oxygen atoms in total. The molecule has 2 heterocycles. The Morgan fingerprint density at radius 1 is 0.964 bits per heavy atom. The van der Waals surface area contributed by atoms with Crippen molar-refractivity contribution in [3.8, 4) is 21.6 Å². The van der Waals surface area contributed by atoms with Crippen molar-refractivity contribution >= 4 is 17.3 Å². The third kappa shape index (κ3) is 3.85. The zero-order chi connectivity index (χ0) is 19.5. The second-order valence-corrected chi connectivity index (χ2v) is 7.57. The van der Waals surface area contributed by atoms with Gasteiger partial charge in [-0.05, 0) is 53.9 Å². The van der Waals surface area contributed by atoms with Crippen molar-refractivity contribution in [2.24, 2.45) is 0 Å². The van der Waals surface area contributed by atoms with Crippen LogP contribution >= 0.6 is 11.3 Å². The predicted octanol–water partition coefficient (Wildman–Crippen LogP) is 5.47. The van der Waals surface area contributed by atoms with Crippen molar-refractivity contribution in [1.29, 1.82) is 0 Å². The van der Waals surface area contributed by atoms with Gasteiger partial charge in [-0.15, -0.1) is 11.3 Å². The molecule has 0 spiro atoms. The van der Waals surface area contributed by atoms with Crippen LogP contribution in [0.25, 0.3) is 21.6 Å². The number of hydrogen-bond acceptors (Lipinski definition) is 4. The van der Waals surface area contributed by atoms with Gasteiger partial charge in [-0.1, -0.05) is 36.4 Å². The standard InChI is InChI=1S/C23H18N2O2S/c1-15-22(28-21(25-15)14-20-7-2-3-12-24-20)19-6-4-5-18(13-19)16-8-10-17(11-9-16)23(26)27/h2-13H,14H2,1H3,(H,26,27). The molecule has 4 rings (SSSR count). The number of aromatic nitrogens is 2. The van der Waals surface area contributed by atoms with Crippen LogP contribution in [-0.2, 0) is 6.42 Å². The first kappa shape index (κ1) is 18.1. The van der Waals surface area contributed by atoms with Crippen LogP contribution in [0.3, 0.4) is 0 Å². The molecule has 0 amide bonds. The van der Waals surface area contributed by atoms with Crippen molar-refractivity contribution < 1.29 is 9.90 Å². The van der Waals surface area contributed by atoms with Crippen LogP contribution < -0.4 is 0 Å². The van der Waals surface area contributed by atoms with Crippen molar-refractivity contribution in [1.82, 2.24) is 9.97 Å². The van der Waals surface area contributed by atoms with Crippen LogP contribution in [0.5, 0.6) is 0 Å². The van der Waals surface area contributed by atoms with Gasteiger partial charge in [0.15, 0.2) is 0 Å². The molecule has 4 aromatic rings. The molecule has 0 atom stereocenters. The summed E-state index contributed by atoms with van der Waals surface area (Å²) in [5.74, 6) is -0.916. The molecule has 0 unspecified atom stereocenters. The molecule has 2 aromatic heterocycles. The molecule has 1 N–H and O–H groups in total. The summed E-state index contributed by atoms with van der Waals surface area (Å²) >= 11 is 1.69. The minimum atomic E-state index is -0.916. The largest absolute Gasteiger partial charge is 0.478 e. The fourth-order valence-corrected chi connectivity index (χ4v) is 4.18. The van der Waals surface area contributed by atoms with Crippen molar-refractivity contribution in [2.45, 2.75) is 13.3 Å². The highest BCUT2D eigenvalue weighted by atomic mass is 32.1. The summed E-state index contributed by atoms with van der Waals surface area (Å²) in [5, 5.41) is 10.1. The zero-order valence-electron chi connectivity index (χ0n) is 15.3. The number of aromatic carboxylic acids is 1. The molecule has 2 aromatic carbocycles. The molecule has 0 saturated carbocycles. The van der Waals surface area contributed by atoms with Gasteiger partial charge >= 0.3 is 5.97 Å². The number of carboxylic acid groups (broad SMARTS) is 1. The van der Waals surface area contributed by atoms with Crippen molar-refractivity contribution in [2.75, 3.05) is 0 Å². The lowest BCUT2D eigenvalue weighted by Gasteiger charge is -2.05. The summed E-state index contributed by atoms with van der Waals surface area (Å²) in [6, 6.07) is 21.1. The van der Waals surface area contributed by atoms with E-state index in [1.165, 1.54) is 0 Å². The summed E-state index contributed by atoms with van der Waals surface area (Å²) in [7, 11) is 0. The lowest BCUT2D eigenvalue weighted by atomic mass is 10.0. The quantitative estimate of drug-likeness (QED) is 0.494. The minimum Gasteiger partial charge on any atom is -0.478 e. The van der Waals surface area contributed by atoms with Gasteiger partial charge < -0.3 is 5.11 Å². The molecule has 5 heteroatoms. The van der Waals surface area contributed by atoms with Gasteiger partial charge in [-0.3, -0.25) is 4.98 Å². The average molecular weight is 386 g/mol. The number of thiazole rings is 1. The van der Waals surface area contributed by atoms with Gasteiger partial charge in [0.1, 0.15) is 0 Å². The van der Waals surface area contributed by atoms with Crippen LogP contribution in [0.15, 0.2) is 72.9 Å². The maximum Gasteiger partial charge on any atom is 0.335 e. The van der Waals surface area contributed by atoms with Crippen LogP contribution in [-0.4, -0.2) is 21.0 Å². The number of pyridine rings is 1. The van der Waals surface area contributed by atoms with E-state index in [1.807, 2.05) is 49.4 Å². The van der Waals surface area contributed by atoms with Gasteiger partial charge in [0.2, 0.25) is 0 Å². The van der Waals surface area contributed by atoms with E-state index >= 15 is 0 Å². The van der Waals surface area contributed by atoms with Crippen LogP contribution in [0.2, 0.25) is 0 Å². The summed E-state index contributed by atoms with van der Waals surface area (Å²) in [6.07, 6.45) is 2.53. The molecule has 0 bridgehead atoms. The highest BCUT2D eigenvalue weighted by molar-refractivity contribution is 7.15. The molecule has 0 fully saturated rings. The van der Waals surface area contributed by atoms with Crippen LogP contribution in [0.4, 0.5) is 0 Å². The third-order valence-corrected chi connectivity index (χ3v) is 5.70. The number of rotatable bonds is 5. The summed E-state index contributed by atoms with van der Waals surface area (Å²) in [6.45, 7) is 2.03. The second-order valence-electron chi connectivity index (χ2n) is 6.48. The smallest absolute Gasteiger partial charge is 0.335 e. The van der Waals surface area contributed by atoms with E-state index < -0.39 is 5.97 Å². The summed E-state index contributed by atoms with van der Waals surface area (Å²) in [4.78, 5) is 21.3. The van der Waals surface area contributed by atoms with Crippen LogP contribution in [0, 0.1) is 6.92 Å². The maximum atomic E-state index is 11.0. The Balaban J connectivity index is 1.63. The predicted molar refractivity (Wildman–Crippen MR) is 112 cm³/mol. The summed E-state index contributed by atoms with van der Waals surface area (Å²) < 4.78 is 0. The Morgan fingerprint density at radius 2 is 1.75 bits per heavy atom. The Bertz CT molecular complexity index is 1120. The van der Waals surface area contributed by atoms with E-state index in [1.54, 1.807) is 29.7 Å². The maximum absolute atomic E-state index is 11.0. The molecule has 0 saturated heterocycles. The molecule has 0 aliphatic heterocycles. The molecule has 28 heavy (non-hydrogen) atoms. The van der Waals surface area contributed by atoms with Crippen LogP contribution in [0.1, 0.15) is 26.8 Å². The topological polar surface area (TPSA) is 63.1 Å². The van der Waals surface area contributed by atoms with E-state index in [-0.39, 0.29) is 5.56 Å². The number of benzene rings is 2. The first-order valence-corrected chi connectivity index (χ1v) is 9.72. The van der Waals surface area contributed by atoms with E-state index in [0.29, 0.717) is 0 Å². The Hall–Kier alpha value is -3.31. The highest BCUT2D eigenvalue weighted by Crippen LogP contribution is 2.33. The van der Waals surface area contributed by atoms with E-state index in [0.717, 1.165) is 44.4 Å². The zero-order valence-corrected chi connectivity index (χ0v) is 16.1. The molecule has 0 radical (unpaired) electrons. The number of nitrogens with zero attached hydrogens (tertiary/aromatic N) is 2. The molecular weight excluding hydrogens is 368 g/mol. The fourth-order valence-electron chi connectivity index (χ4n) is 3.10. The normalized spacial score (nSPS) is 10.8. The first-order chi connectivity index (χ1) is 13.6.